The van der Waals surface area contributed by atoms with Crippen LogP contribution < -0.4 is 27.2 Å². The number of benzene rings is 2. The van der Waals surface area contributed by atoms with Crippen molar-refractivity contribution in [2.45, 2.75) is 50.6 Å². The summed E-state index contributed by atoms with van der Waals surface area (Å²) in [5, 5.41) is 17.5. The van der Waals surface area contributed by atoms with Crippen LogP contribution in [0.5, 0.6) is 0 Å². The minimum absolute atomic E-state index is 0.0574. The van der Waals surface area contributed by atoms with Gasteiger partial charge >= 0.3 is 0 Å². The first kappa shape index (κ1) is 25.4. The summed E-state index contributed by atoms with van der Waals surface area (Å²) in [5.41, 5.74) is 9.85. The highest BCUT2D eigenvalue weighted by Crippen LogP contribution is 2.22. The van der Waals surface area contributed by atoms with Gasteiger partial charge in [0.25, 0.3) is 11.8 Å². The fraction of sp³-hybridized carbons (Fsp3) is 0.400. The standard InChI is InChI=1S/C25H33N5O4/c26-15-22(25(33)30-34)29-24(32)19-9-7-17(8-10-19)18-11-13-21(14-12-18)28-23(31)16-27-20-5-3-1-2-4-6-20/h7-14,20,22,27,34H,1-6,15-16,26H2,(H,28,31)(H,29,32)(H,30,33)/t22-/m0/s1. The Morgan fingerprint density at radius 3 is 2.06 bits per heavy atom. The molecule has 1 aliphatic carbocycles. The van der Waals surface area contributed by atoms with Crippen LogP contribution in [-0.2, 0) is 9.59 Å². The maximum Gasteiger partial charge on any atom is 0.267 e. The molecule has 0 aromatic heterocycles. The Labute approximate surface area is 199 Å². The van der Waals surface area contributed by atoms with Crippen molar-refractivity contribution >= 4 is 23.4 Å². The van der Waals surface area contributed by atoms with Gasteiger partial charge in [-0.3, -0.25) is 19.6 Å². The number of hydrogen-bond donors (Lipinski definition) is 6. The van der Waals surface area contributed by atoms with Gasteiger partial charge in [0, 0.05) is 23.8 Å². The highest BCUT2D eigenvalue weighted by atomic mass is 16.5. The van der Waals surface area contributed by atoms with Gasteiger partial charge in [0.1, 0.15) is 6.04 Å². The molecule has 2 aromatic rings. The lowest BCUT2D eigenvalue weighted by Gasteiger charge is -2.16. The fourth-order valence-corrected chi connectivity index (χ4v) is 4.04. The van der Waals surface area contributed by atoms with Crippen LogP contribution in [0.2, 0.25) is 0 Å². The van der Waals surface area contributed by atoms with Crippen LogP contribution in [0, 0.1) is 0 Å². The van der Waals surface area contributed by atoms with E-state index in [2.05, 4.69) is 16.0 Å². The second-order valence-electron chi connectivity index (χ2n) is 8.51. The van der Waals surface area contributed by atoms with E-state index in [9.17, 15) is 14.4 Å². The molecule has 7 N–H and O–H groups in total. The molecule has 0 aliphatic heterocycles. The molecule has 9 heteroatoms. The molecule has 1 atom stereocenters. The molecule has 0 bridgehead atoms. The van der Waals surface area contributed by atoms with E-state index >= 15 is 0 Å². The number of rotatable bonds is 9. The van der Waals surface area contributed by atoms with E-state index in [-0.39, 0.29) is 12.5 Å². The number of carbonyl (C=O) groups excluding carboxylic acids is 3. The molecule has 3 rings (SSSR count). The highest BCUT2D eigenvalue weighted by Gasteiger charge is 2.19. The number of nitrogens with two attached hydrogens (primary N) is 1. The van der Waals surface area contributed by atoms with Gasteiger partial charge in [-0.1, -0.05) is 49.9 Å². The molecule has 182 valence electrons. The van der Waals surface area contributed by atoms with E-state index in [1.54, 1.807) is 24.3 Å². The molecule has 0 saturated heterocycles. The van der Waals surface area contributed by atoms with E-state index in [0.717, 1.165) is 29.7 Å². The SMILES string of the molecule is NC[C@H](NC(=O)c1ccc(-c2ccc(NC(=O)CNC3CCCCCC3)cc2)cc1)C(=O)NO. The number of hydrogen-bond acceptors (Lipinski definition) is 6. The Morgan fingerprint density at radius 2 is 1.50 bits per heavy atom. The van der Waals surface area contributed by atoms with Gasteiger partial charge in [0.15, 0.2) is 0 Å². The van der Waals surface area contributed by atoms with Crippen molar-refractivity contribution in [1.29, 1.82) is 0 Å². The van der Waals surface area contributed by atoms with Gasteiger partial charge in [0.2, 0.25) is 5.91 Å². The van der Waals surface area contributed by atoms with Crippen LogP contribution in [-0.4, -0.2) is 48.1 Å². The molecule has 1 saturated carbocycles. The van der Waals surface area contributed by atoms with E-state index < -0.39 is 17.9 Å². The molecule has 1 aliphatic rings. The molecule has 34 heavy (non-hydrogen) atoms. The average Bonchev–Trinajstić information content (AvgIpc) is 3.15. The van der Waals surface area contributed by atoms with Crippen molar-refractivity contribution in [2.24, 2.45) is 5.73 Å². The molecule has 0 unspecified atom stereocenters. The van der Waals surface area contributed by atoms with Gasteiger partial charge in [0.05, 0.1) is 6.54 Å². The Morgan fingerprint density at radius 1 is 0.912 bits per heavy atom. The summed E-state index contributed by atoms with van der Waals surface area (Å²) in [6, 6.07) is 13.8. The van der Waals surface area contributed by atoms with Crippen LogP contribution in [0.3, 0.4) is 0 Å². The zero-order valence-electron chi connectivity index (χ0n) is 19.2. The Kier molecular flexibility index (Phi) is 9.57. The van der Waals surface area contributed by atoms with E-state index in [0.29, 0.717) is 18.2 Å². The first-order valence-corrected chi connectivity index (χ1v) is 11.7. The van der Waals surface area contributed by atoms with Crippen molar-refractivity contribution in [3.05, 3.63) is 54.1 Å². The largest absolute Gasteiger partial charge is 0.339 e. The van der Waals surface area contributed by atoms with Gasteiger partial charge < -0.3 is 21.7 Å². The molecular formula is C25H33N5O4. The summed E-state index contributed by atoms with van der Waals surface area (Å²) < 4.78 is 0. The minimum Gasteiger partial charge on any atom is -0.339 e. The summed E-state index contributed by atoms with van der Waals surface area (Å²) in [6.45, 7) is 0.163. The smallest absolute Gasteiger partial charge is 0.267 e. The molecule has 0 radical (unpaired) electrons. The van der Waals surface area contributed by atoms with Gasteiger partial charge in [-0.2, -0.15) is 0 Å². The van der Waals surface area contributed by atoms with Crippen molar-refractivity contribution in [3.63, 3.8) is 0 Å². The molecule has 9 nitrogen and oxygen atoms in total. The number of anilines is 1. The third-order valence-electron chi connectivity index (χ3n) is 6.02. The minimum atomic E-state index is -1.03. The quantitative estimate of drug-likeness (QED) is 0.189. The summed E-state index contributed by atoms with van der Waals surface area (Å²) in [7, 11) is 0. The van der Waals surface area contributed by atoms with E-state index in [1.807, 2.05) is 24.3 Å². The van der Waals surface area contributed by atoms with Crippen molar-refractivity contribution < 1.29 is 19.6 Å². The number of amides is 3. The molecule has 3 amide bonds. The van der Waals surface area contributed by atoms with Gasteiger partial charge in [-0.25, -0.2) is 5.48 Å². The Balaban J connectivity index is 1.52. The first-order valence-electron chi connectivity index (χ1n) is 11.7. The summed E-state index contributed by atoms with van der Waals surface area (Å²) in [4.78, 5) is 36.1. The maximum absolute atomic E-state index is 12.3. The third kappa shape index (κ3) is 7.38. The third-order valence-corrected chi connectivity index (χ3v) is 6.02. The first-order chi connectivity index (χ1) is 16.5. The van der Waals surface area contributed by atoms with Gasteiger partial charge in [-0.05, 0) is 48.2 Å². The second-order valence-corrected chi connectivity index (χ2v) is 8.51. The normalized spacial score (nSPS) is 15.1. The van der Waals surface area contributed by atoms with Crippen LogP contribution in [0.4, 0.5) is 5.69 Å². The molecular weight excluding hydrogens is 434 g/mol. The van der Waals surface area contributed by atoms with Crippen LogP contribution in [0.25, 0.3) is 11.1 Å². The van der Waals surface area contributed by atoms with E-state index in [4.69, 9.17) is 10.9 Å². The number of hydroxylamine groups is 1. The molecule has 0 spiro atoms. The predicted octanol–water partition coefficient (Wildman–Crippen LogP) is 2.17. The fourth-order valence-electron chi connectivity index (χ4n) is 4.04. The molecule has 1 fully saturated rings. The number of nitrogens with one attached hydrogen (secondary N) is 4. The zero-order chi connectivity index (χ0) is 24.3. The highest BCUT2D eigenvalue weighted by molar-refractivity contribution is 5.98. The number of carbonyl (C=O) groups is 3. The second kappa shape index (κ2) is 12.8. The predicted molar refractivity (Wildman–Crippen MR) is 130 cm³/mol. The van der Waals surface area contributed by atoms with Crippen LogP contribution in [0.15, 0.2) is 48.5 Å². The zero-order valence-corrected chi connectivity index (χ0v) is 19.2. The lowest BCUT2D eigenvalue weighted by Crippen LogP contribution is -2.50. The van der Waals surface area contributed by atoms with Crippen molar-refractivity contribution in [1.82, 2.24) is 16.1 Å². The summed E-state index contributed by atoms with van der Waals surface area (Å²) >= 11 is 0. The average molecular weight is 468 g/mol. The maximum atomic E-state index is 12.3. The van der Waals surface area contributed by atoms with Crippen LogP contribution in [0.1, 0.15) is 48.9 Å². The molecule has 0 heterocycles. The Hall–Kier alpha value is -3.27. The summed E-state index contributed by atoms with van der Waals surface area (Å²) in [6.07, 6.45) is 7.28. The van der Waals surface area contributed by atoms with E-state index in [1.165, 1.54) is 31.2 Å². The van der Waals surface area contributed by atoms with Crippen LogP contribution >= 0.6 is 0 Å². The molecule has 2 aromatic carbocycles. The summed E-state index contributed by atoms with van der Waals surface area (Å²) in [5.74, 6) is -1.31. The van der Waals surface area contributed by atoms with Crippen molar-refractivity contribution in [3.8, 4) is 11.1 Å². The van der Waals surface area contributed by atoms with Crippen molar-refractivity contribution in [2.75, 3.05) is 18.4 Å². The lowest BCUT2D eigenvalue weighted by atomic mass is 10.0. The lowest BCUT2D eigenvalue weighted by molar-refractivity contribution is -0.130. The monoisotopic (exact) mass is 467 g/mol. The van der Waals surface area contributed by atoms with Gasteiger partial charge in [-0.15, -0.1) is 0 Å². The topological polar surface area (TPSA) is 146 Å². The Bertz CT molecular complexity index is 954.